The van der Waals surface area contributed by atoms with E-state index in [2.05, 4.69) is 20.4 Å². The van der Waals surface area contributed by atoms with Gasteiger partial charge in [-0.1, -0.05) is 26.0 Å². The standard InChI is InChI=1S/C25H40O7S/c1-16-7-8-22-21(15-31-33(6,28)29)23(10-12-24(16,22)4)25(5)11-9-20(32-18(3)27)13-19(25)14-30-17(2)26/h19-23H,1,7-15H2,2-6H3/t19-,20+,21+,22+,23+,24-,25+/m1/s1. The minimum Gasteiger partial charge on any atom is -0.466 e. The van der Waals surface area contributed by atoms with Crippen LogP contribution in [-0.2, 0) is 33.4 Å². The molecule has 0 spiro atoms. The fourth-order valence-electron chi connectivity index (χ4n) is 7.13. The van der Waals surface area contributed by atoms with Crippen LogP contribution in [0.1, 0.15) is 72.6 Å². The Hall–Kier alpha value is -1.41. The molecule has 0 heterocycles. The van der Waals surface area contributed by atoms with Crippen molar-refractivity contribution in [2.24, 2.45) is 34.5 Å². The van der Waals surface area contributed by atoms with Gasteiger partial charge in [0, 0.05) is 19.8 Å². The number of allylic oxidation sites excluding steroid dienone is 1. The largest absolute Gasteiger partial charge is 0.466 e. The highest BCUT2D eigenvalue weighted by Crippen LogP contribution is 2.63. The van der Waals surface area contributed by atoms with Crippen molar-refractivity contribution < 1.29 is 31.7 Å². The summed E-state index contributed by atoms with van der Waals surface area (Å²) in [6.07, 6.45) is 7.02. The summed E-state index contributed by atoms with van der Waals surface area (Å²) >= 11 is 0. The van der Waals surface area contributed by atoms with Crippen LogP contribution >= 0.6 is 0 Å². The second-order valence-electron chi connectivity index (χ2n) is 11.0. The van der Waals surface area contributed by atoms with Gasteiger partial charge in [-0.3, -0.25) is 13.8 Å². The summed E-state index contributed by atoms with van der Waals surface area (Å²) in [6.45, 7) is 12.1. The van der Waals surface area contributed by atoms with E-state index in [-0.39, 0.29) is 59.8 Å². The number of carbonyl (C=O) groups is 2. The van der Waals surface area contributed by atoms with E-state index in [0.717, 1.165) is 44.8 Å². The molecule has 0 aromatic rings. The Morgan fingerprint density at radius 1 is 1.03 bits per heavy atom. The lowest BCUT2D eigenvalue weighted by Gasteiger charge is -2.56. The average Bonchev–Trinajstić information content (AvgIpc) is 3.00. The number of fused-ring (bicyclic) bond motifs is 1. The molecular weight excluding hydrogens is 444 g/mol. The summed E-state index contributed by atoms with van der Waals surface area (Å²) in [5.41, 5.74) is 1.07. The molecule has 0 radical (unpaired) electrons. The molecule has 0 aliphatic heterocycles. The van der Waals surface area contributed by atoms with Crippen LogP contribution in [0.25, 0.3) is 0 Å². The van der Waals surface area contributed by atoms with E-state index >= 15 is 0 Å². The van der Waals surface area contributed by atoms with Crippen molar-refractivity contribution in [1.82, 2.24) is 0 Å². The van der Waals surface area contributed by atoms with Gasteiger partial charge in [-0.05, 0) is 73.5 Å². The molecule has 188 valence electrons. The van der Waals surface area contributed by atoms with Gasteiger partial charge in [0.2, 0.25) is 0 Å². The molecule has 0 unspecified atom stereocenters. The van der Waals surface area contributed by atoms with Gasteiger partial charge >= 0.3 is 11.9 Å². The zero-order chi connectivity index (χ0) is 24.6. The van der Waals surface area contributed by atoms with Crippen LogP contribution in [0.4, 0.5) is 0 Å². The van der Waals surface area contributed by atoms with Gasteiger partial charge in [-0.25, -0.2) is 0 Å². The van der Waals surface area contributed by atoms with E-state index in [1.807, 2.05) is 0 Å². The van der Waals surface area contributed by atoms with Crippen LogP contribution in [0.15, 0.2) is 12.2 Å². The predicted molar refractivity (Wildman–Crippen MR) is 125 cm³/mol. The third-order valence-electron chi connectivity index (χ3n) is 9.02. The maximum atomic E-state index is 11.9. The molecule has 3 rings (SSSR count). The first-order valence-electron chi connectivity index (χ1n) is 12.1. The Labute approximate surface area is 198 Å². The zero-order valence-corrected chi connectivity index (χ0v) is 21.5. The van der Waals surface area contributed by atoms with Crippen LogP contribution in [0.3, 0.4) is 0 Å². The van der Waals surface area contributed by atoms with Crippen molar-refractivity contribution in [3.63, 3.8) is 0 Å². The monoisotopic (exact) mass is 484 g/mol. The van der Waals surface area contributed by atoms with Gasteiger partial charge in [0.1, 0.15) is 6.10 Å². The zero-order valence-electron chi connectivity index (χ0n) is 20.7. The van der Waals surface area contributed by atoms with E-state index in [1.165, 1.54) is 19.4 Å². The molecule has 0 bridgehead atoms. The van der Waals surface area contributed by atoms with Crippen LogP contribution in [0, 0.1) is 34.5 Å². The van der Waals surface area contributed by atoms with Crippen LogP contribution < -0.4 is 0 Å². The second kappa shape index (κ2) is 9.68. The molecule has 0 saturated heterocycles. The topological polar surface area (TPSA) is 96.0 Å². The summed E-state index contributed by atoms with van der Waals surface area (Å²) in [7, 11) is -3.57. The molecule has 3 aliphatic carbocycles. The molecule has 0 amide bonds. The molecular formula is C25H40O7S. The van der Waals surface area contributed by atoms with Crippen LogP contribution in [-0.4, -0.2) is 45.9 Å². The molecule has 0 N–H and O–H groups in total. The highest BCUT2D eigenvalue weighted by molar-refractivity contribution is 7.85. The predicted octanol–water partition coefficient (Wildman–Crippen LogP) is 4.26. The number of ether oxygens (including phenoxy) is 2. The number of hydrogen-bond donors (Lipinski definition) is 0. The van der Waals surface area contributed by atoms with Crippen LogP contribution in [0.2, 0.25) is 0 Å². The normalized spacial score (nSPS) is 39.1. The van der Waals surface area contributed by atoms with Gasteiger partial charge in [0.25, 0.3) is 10.1 Å². The SMILES string of the molecule is C=C1CC[C@H]2[C@H](COS(C)(=O)=O)[C@@H]([C@@]3(C)CC[C@H](OC(C)=O)C[C@@H]3COC(C)=O)CC[C@]12C. The molecule has 3 saturated carbocycles. The molecule has 8 heteroatoms. The molecule has 7 atom stereocenters. The third kappa shape index (κ3) is 5.64. The van der Waals surface area contributed by atoms with E-state index in [1.54, 1.807) is 0 Å². The Kier molecular flexibility index (Phi) is 7.69. The van der Waals surface area contributed by atoms with Gasteiger partial charge in [0.15, 0.2) is 0 Å². The minimum absolute atomic E-state index is 0.00128. The molecule has 0 aromatic heterocycles. The number of esters is 2. The summed E-state index contributed by atoms with van der Waals surface area (Å²) < 4.78 is 40.3. The van der Waals surface area contributed by atoms with Crippen molar-refractivity contribution >= 4 is 22.1 Å². The summed E-state index contributed by atoms with van der Waals surface area (Å²) in [5, 5.41) is 0. The van der Waals surface area contributed by atoms with Gasteiger partial charge in [0.05, 0.1) is 19.5 Å². The summed E-state index contributed by atoms with van der Waals surface area (Å²) in [5.74, 6) is -0.0311. The lowest BCUT2D eigenvalue weighted by Crippen LogP contribution is -2.52. The Bertz CT molecular complexity index is 881. The first kappa shape index (κ1) is 26.2. The van der Waals surface area contributed by atoms with Crippen molar-refractivity contribution in [3.8, 4) is 0 Å². The summed E-state index contributed by atoms with van der Waals surface area (Å²) in [4.78, 5) is 23.2. The Morgan fingerprint density at radius 3 is 2.33 bits per heavy atom. The lowest BCUT2D eigenvalue weighted by molar-refractivity contribution is -0.161. The van der Waals surface area contributed by atoms with Crippen molar-refractivity contribution in [2.45, 2.75) is 78.7 Å². The number of hydrogen-bond acceptors (Lipinski definition) is 7. The van der Waals surface area contributed by atoms with Crippen molar-refractivity contribution in [1.29, 1.82) is 0 Å². The Balaban J connectivity index is 1.93. The first-order chi connectivity index (χ1) is 15.3. The van der Waals surface area contributed by atoms with E-state index < -0.39 is 10.1 Å². The molecule has 7 nitrogen and oxygen atoms in total. The van der Waals surface area contributed by atoms with Crippen LogP contribution in [0.5, 0.6) is 0 Å². The van der Waals surface area contributed by atoms with Crippen molar-refractivity contribution in [2.75, 3.05) is 19.5 Å². The lowest BCUT2D eigenvalue weighted by atomic mass is 9.49. The highest BCUT2D eigenvalue weighted by atomic mass is 32.2. The van der Waals surface area contributed by atoms with Gasteiger partial charge < -0.3 is 9.47 Å². The third-order valence-corrected chi connectivity index (χ3v) is 9.58. The fraction of sp³-hybridized carbons (Fsp3) is 0.840. The maximum absolute atomic E-state index is 11.9. The van der Waals surface area contributed by atoms with E-state index in [4.69, 9.17) is 13.7 Å². The average molecular weight is 485 g/mol. The van der Waals surface area contributed by atoms with E-state index in [0.29, 0.717) is 12.3 Å². The molecule has 33 heavy (non-hydrogen) atoms. The second-order valence-corrected chi connectivity index (χ2v) is 12.6. The highest BCUT2D eigenvalue weighted by Gasteiger charge is 2.57. The number of rotatable bonds is 7. The first-order valence-corrected chi connectivity index (χ1v) is 13.9. The quantitative estimate of drug-likeness (QED) is 0.303. The number of carbonyl (C=O) groups excluding carboxylic acids is 2. The summed E-state index contributed by atoms with van der Waals surface area (Å²) in [6, 6.07) is 0. The minimum atomic E-state index is -3.57. The fourth-order valence-corrected chi connectivity index (χ4v) is 7.54. The molecule has 0 aromatic carbocycles. The molecule has 3 aliphatic rings. The van der Waals surface area contributed by atoms with Crippen molar-refractivity contribution in [3.05, 3.63) is 12.2 Å². The molecule has 3 fully saturated rings. The smallest absolute Gasteiger partial charge is 0.302 e. The Morgan fingerprint density at radius 2 is 1.73 bits per heavy atom. The van der Waals surface area contributed by atoms with Gasteiger partial charge in [-0.15, -0.1) is 0 Å². The maximum Gasteiger partial charge on any atom is 0.302 e. The van der Waals surface area contributed by atoms with E-state index in [9.17, 15) is 18.0 Å². The van der Waals surface area contributed by atoms with Gasteiger partial charge in [-0.2, -0.15) is 8.42 Å².